The van der Waals surface area contributed by atoms with E-state index in [1.165, 1.54) is 5.69 Å². The maximum atomic E-state index is 13.0. The second-order valence-electron chi connectivity index (χ2n) is 7.66. The fourth-order valence-electron chi connectivity index (χ4n) is 4.34. The number of benzene rings is 2. The fourth-order valence-corrected chi connectivity index (χ4v) is 4.34. The number of carbonyl (C=O) groups excluding carboxylic acids is 1. The van der Waals surface area contributed by atoms with Crippen molar-refractivity contribution < 1.29 is 9.72 Å². The van der Waals surface area contributed by atoms with E-state index < -0.39 is 0 Å². The molecule has 0 saturated carbocycles. The molecule has 0 N–H and O–H groups in total. The van der Waals surface area contributed by atoms with Gasteiger partial charge in [0.15, 0.2) is 0 Å². The van der Waals surface area contributed by atoms with Crippen molar-refractivity contribution in [3.05, 3.63) is 64.7 Å². The lowest BCUT2D eigenvalue weighted by Crippen LogP contribution is -2.51. The molecule has 7 nitrogen and oxygen atoms in total. The van der Waals surface area contributed by atoms with E-state index in [4.69, 9.17) is 0 Å². The van der Waals surface area contributed by atoms with Gasteiger partial charge in [0.05, 0.1) is 4.92 Å². The van der Waals surface area contributed by atoms with E-state index in [9.17, 15) is 14.9 Å². The molecule has 2 fully saturated rings. The van der Waals surface area contributed by atoms with Crippen LogP contribution < -0.4 is 9.80 Å². The standard InChI is InChI=1S/C22H26N4O3/c27-22(25-16-14-23(15-17-25)19-6-2-1-3-7-19)18-10-12-24(13-11-18)20-8-4-5-9-21(20)26(28)29/h1-9,18H,10-17H2. The van der Waals surface area contributed by atoms with Gasteiger partial charge in [0.2, 0.25) is 5.91 Å². The van der Waals surface area contributed by atoms with Crippen molar-refractivity contribution >= 4 is 23.0 Å². The number of nitro benzene ring substituents is 1. The first-order chi connectivity index (χ1) is 14.1. The second-order valence-corrected chi connectivity index (χ2v) is 7.66. The summed E-state index contributed by atoms with van der Waals surface area (Å²) in [7, 11) is 0. The summed E-state index contributed by atoms with van der Waals surface area (Å²) >= 11 is 0. The Kier molecular flexibility index (Phi) is 5.64. The number of piperazine rings is 1. The minimum Gasteiger partial charge on any atom is -0.368 e. The number of para-hydroxylation sites is 3. The van der Waals surface area contributed by atoms with Gasteiger partial charge < -0.3 is 14.7 Å². The molecule has 29 heavy (non-hydrogen) atoms. The highest BCUT2D eigenvalue weighted by molar-refractivity contribution is 5.79. The van der Waals surface area contributed by atoms with Crippen molar-refractivity contribution in [1.29, 1.82) is 0 Å². The van der Waals surface area contributed by atoms with Crippen LogP contribution in [0, 0.1) is 16.0 Å². The summed E-state index contributed by atoms with van der Waals surface area (Å²) in [5.41, 5.74) is 1.99. The van der Waals surface area contributed by atoms with E-state index >= 15 is 0 Å². The Labute approximate surface area is 170 Å². The number of rotatable bonds is 4. The predicted molar refractivity (Wildman–Crippen MR) is 113 cm³/mol. The minimum atomic E-state index is -0.335. The molecule has 2 aromatic carbocycles. The normalized spacial score (nSPS) is 18.0. The van der Waals surface area contributed by atoms with Crippen LogP contribution in [0.5, 0.6) is 0 Å². The summed E-state index contributed by atoms with van der Waals surface area (Å²) in [4.78, 5) is 30.3. The first-order valence-corrected chi connectivity index (χ1v) is 10.2. The van der Waals surface area contributed by atoms with Crippen molar-refractivity contribution in [2.24, 2.45) is 5.92 Å². The van der Waals surface area contributed by atoms with E-state index in [0.717, 1.165) is 39.0 Å². The fraction of sp³-hybridized carbons (Fsp3) is 0.409. The molecular formula is C22H26N4O3. The summed E-state index contributed by atoms with van der Waals surface area (Å²) in [6.45, 7) is 4.54. The maximum Gasteiger partial charge on any atom is 0.292 e. The largest absolute Gasteiger partial charge is 0.368 e. The van der Waals surface area contributed by atoms with Crippen LogP contribution >= 0.6 is 0 Å². The molecule has 0 aromatic heterocycles. The Morgan fingerprint density at radius 2 is 1.45 bits per heavy atom. The Balaban J connectivity index is 1.32. The molecule has 0 atom stereocenters. The average Bonchev–Trinajstić information content (AvgIpc) is 2.79. The number of hydrogen-bond acceptors (Lipinski definition) is 5. The van der Waals surface area contributed by atoms with Gasteiger partial charge in [-0.2, -0.15) is 0 Å². The van der Waals surface area contributed by atoms with Gasteiger partial charge >= 0.3 is 0 Å². The van der Waals surface area contributed by atoms with Gasteiger partial charge in [0.1, 0.15) is 5.69 Å². The number of hydrogen-bond donors (Lipinski definition) is 0. The van der Waals surface area contributed by atoms with Gasteiger partial charge in [-0.15, -0.1) is 0 Å². The number of amides is 1. The third-order valence-corrected chi connectivity index (χ3v) is 5.98. The first-order valence-electron chi connectivity index (χ1n) is 10.2. The van der Waals surface area contributed by atoms with E-state index in [1.807, 2.05) is 34.1 Å². The van der Waals surface area contributed by atoms with Crippen LogP contribution in [0.4, 0.5) is 17.1 Å². The molecule has 0 bridgehead atoms. The highest BCUT2D eigenvalue weighted by Gasteiger charge is 2.32. The molecule has 2 heterocycles. The van der Waals surface area contributed by atoms with Crippen molar-refractivity contribution in [3.63, 3.8) is 0 Å². The summed E-state index contributed by atoms with van der Waals surface area (Å²) < 4.78 is 0. The quantitative estimate of drug-likeness (QED) is 0.589. The number of piperidine rings is 1. The van der Waals surface area contributed by atoms with E-state index in [1.54, 1.807) is 18.2 Å². The molecule has 7 heteroatoms. The van der Waals surface area contributed by atoms with E-state index in [0.29, 0.717) is 18.8 Å². The van der Waals surface area contributed by atoms with Crippen LogP contribution in [0.15, 0.2) is 54.6 Å². The molecule has 2 aliphatic rings. The number of nitro groups is 1. The van der Waals surface area contributed by atoms with Gasteiger partial charge in [-0.25, -0.2) is 0 Å². The topological polar surface area (TPSA) is 69.9 Å². The SMILES string of the molecule is O=C(C1CCN(c2ccccc2[N+](=O)[O-])CC1)N1CCN(c2ccccc2)CC1. The smallest absolute Gasteiger partial charge is 0.292 e. The first kappa shape index (κ1) is 19.2. The molecule has 4 rings (SSSR count). The molecule has 2 aromatic rings. The van der Waals surface area contributed by atoms with Crippen molar-refractivity contribution in [1.82, 2.24) is 4.90 Å². The summed E-state index contributed by atoms with van der Waals surface area (Å²) in [6, 6.07) is 17.2. The summed E-state index contributed by atoms with van der Waals surface area (Å²) in [6.07, 6.45) is 1.48. The van der Waals surface area contributed by atoms with E-state index in [-0.39, 0.29) is 22.4 Å². The van der Waals surface area contributed by atoms with Gasteiger partial charge in [0, 0.05) is 56.9 Å². The molecule has 0 radical (unpaired) electrons. The van der Waals surface area contributed by atoms with Crippen molar-refractivity contribution in [2.45, 2.75) is 12.8 Å². The third-order valence-electron chi connectivity index (χ3n) is 5.98. The van der Waals surface area contributed by atoms with Crippen molar-refractivity contribution in [2.75, 3.05) is 49.1 Å². The Morgan fingerprint density at radius 3 is 2.10 bits per heavy atom. The lowest BCUT2D eigenvalue weighted by molar-refractivity contribution is -0.384. The van der Waals surface area contributed by atoms with Crippen molar-refractivity contribution in [3.8, 4) is 0 Å². The van der Waals surface area contributed by atoms with Gasteiger partial charge in [-0.05, 0) is 31.0 Å². The zero-order chi connectivity index (χ0) is 20.2. The van der Waals surface area contributed by atoms with Crippen LogP contribution in [0.2, 0.25) is 0 Å². The van der Waals surface area contributed by atoms with Crippen LogP contribution in [-0.4, -0.2) is 55.0 Å². The molecular weight excluding hydrogens is 368 g/mol. The Hall–Kier alpha value is -3.09. The predicted octanol–water partition coefficient (Wildman–Crippen LogP) is 3.16. The third kappa shape index (κ3) is 4.18. The van der Waals surface area contributed by atoms with E-state index in [2.05, 4.69) is 17.0 Å². The molecule has 0 unspecified atom stereocenters. The maximum absolute atomic E-state index is 13.0. The zero-order valence-electron chi connectivity index (χ0n) is 16.4. The minimum absolute atomic E-state index is 0.0114. The van der Waals surface area contributed by atoms with Crippen LogP contribution in [0.25, 0.3) is 0 Å². The molecule has 1 amide bonds. The zero-order valence-corrected chi connectivity index (χ0v) is 16.4. The van der Waals surface area contributed by atoms with Crippen LogP contribution in [-0.2, 0) is 4.79 Å². The van der Waals surface area contributed by atoms with Gasteiger partial charge in [-0.3, -0.25) is 14.9 Å². The molecule has 2 aliphatic heterocycles. The Bertz CT molecular complexity index is 857. The molecule has 0 spiro atoms. The second kappa shape index (κ2) is 8.51. The van der Waals surface area contributed by atoms with Gasteiger partial charge in [0.25, 0.3) is 5.69 Å². The number of carbonyl (C=O) groups is 1. The lowest BCUT2D eigenvalue weighted by atomic mass is 9.94. The average molecular weight is 394 g/mol. The number of anilines is 2. The molecule has 152 valence electrons. The summed E-state index contributed by atoms with van der Waals surface area (Å²) in [5, 5.41) is 11.3. The summed E-state index contributed by atoms with van der Waals surface area (Å²) in [5.74, 6) is 0.247. The Morgan fingerprint density at radius 1 is 0.828 bits per heavy atom. The van der Waals surface area contributed by atoms with Crippen LogP contribution in [0.3, 0.4) is 0 Å². The van der Waals surface area contributed by atoms with Crippen LogP contribution in [0.1, 0.15) is 12.8 Å². The number of nitrogens with zero attached hydrogens (tertiary/aromatic N) is 4. The van der Waals surface area contributed by atoms with Gasteiger partial charge in [-0.1, -0.05) is 30.3 Å². The highest BCUT2D eigenvalue weighted by Crippen LogP contribution is 2.31. The highest BCUT2D eigenvalue weighted by atomic mass is 16.6. The lowest BCUT2D eigenvalue weighted by Gasteiger charge is -2.39. The molecule has 0 aliphatic carbocycles. The monoisotopic (exact) mass is 394 g/mol. The molecule has 2 saturated heterocycles.